The minimum absolute atomic E-state index is 0.0671. The number of ether oxygens (including phenoxy) is 3. The molecule has 0 amide bonds. The predicted octanol–water partition coefficient (Wildman–Crippen LogP) is 1.68. The molecule has 31 heavy (non-hydrogen) atoms. The number of aliphatic hydroxyl groups excluding tert-OH is 1. The van der Waals surface area contributed by atoms with E-state index in [-0.39, 0.29) is 49.5 Å². The van der Waals surface area contributed by atoms with Crippen LogP contribution in [0.25, 0.3) is 0 Å². The van der Waals surface area contributed by atoms with Gasteiger partial charge >= 0.3 is 0 Å². The molecule has 1 aliphatic rings. The lowest BCUT2D eigenvalue weighted by molar-refractivity contribution is -0.385. The number of imidazole rings is 1. The molecule has 1 fully saturated rings. The van der Waals surface area contributed by atoms with Crippen LogP contribution in [0.4, 0.5) is 11.5 Å². The Balaban J connectivity index is 1.87. The molecule has 166 valence electrons. The molecule has 1 aliphatic heterocycles. The Labute approximate surface area is 178 Å². The Kier molecular flexibility index (Phi) is 7.28. The number of aliphatic hydroxyl groups is 1. The highest BCUT2D eigenvalue weighted by atomic mass is 16.6. The van der Waals surface area contributed by atoms with E-state index in [1.165, 1.54) is 31.6 Å². The van der Waals surface area contributed by atoms with Gasteiger partial charge < -0.3 is 25.1 Å². The van der Waals surface area contributed by atoms with E-state index < -0.39 is 4.92 Å². The minimum Gasteiger partial charge on any atom is -0.497 e. The average molecular weight is 432 g/mol. The summed E-state index contributed by atoms with van der Waals surface area (Å²) < 4.78 is 18.4. The smallest absolute Gasteiger partial charge is 0.276 e. The molecule has 2 aromatic rings. The number of rotatable bonds is 9. The lowest BCUT2D eigenvalue weighted by Crippen LogP contribution is -2.14. The molecule has 0 bridgehead atoms. The van der Waals surface area contributed by atoms with Crippen molar-refractivity contribution in [3.63, 3.8) is 0 Å². The molecule has 2 heterocycles. The molecule has 1 aromatic carbocycles. The highest BCUT2D eigenvalue weighted by molar-refractivity contribution is 5.96. The Morgan fingerprint density at radius 2 is 2.32 bits per heavy atom. The molecule has 3 N–H and O–H groups in total. The van der Waals surface area contributed by atoms with Gasteiger partial charge in [0.25, 0.3) is 5.69 Å². The lowest BCUT2D eigenvalue weighted by Gasteiger charge is -2.15. The monoisotopic (exact) mass is 432 g/mol. The second-order valence-electron chi connectivity index (χ2n) is 6.64. The normalized spacial score (nSPS) is 18.7. The van der Waals surface area contributed by atoms with E-state index in [0.29, 0.717) is 30.0 Å². The van der Waals surface area contributed by atoms with Gasteiger partial charge in [-0.1, -0.05) is 0 Å². The van der Waals surface area contributed by atoms with Crippen molar-refractivity contribution in [1.82, 2.24) is 9.55 Å². The van der Waals surface area contributed by atoms with Gasteiger partial charge in [0.2, 0.25) is 5.90 Å². The van der Waals surface area contributed by atoms with Gasteiger partial charge in [0.1, 0.15) is 18.6 Å². The number of nitro groups is 1. The van der Waals surface area contributed by atoms with Crippen LogP contribution in [0.2, 0.25) is 0 Å². The number of nitro benzene ring substituents is 1. The van der Waals surface area contributed by atoms with Gasteiger partial charge in [-0.15, -0.1) is 0 Å². The van der Waals surface area contributed by atoms with Gasteiger partial charge in [-0.25, -0.2) is 15.0 Å². The highest BCUT2D eigenvalue weighted by Crippen LogP contribution is 2.33. The van der Waals surface area contributed by atoms with Crippen LogP contribution < -0.4 is 10.5 Å². The highest BCUT2D eigenvalue weighted by Gasteiger charge is 2.29. The number of nitrogens with zero attached hydrogens (tertiary/aromatic N) is 5. The quantitative estimate of drug-likeness (QED) is 0.262. The van der Waals surface area contributed by atoms with Crippen molar-refractivity contribution in [3.8, 4) is 5.75 Å². The Hall–Kier alpha value is -3.35. The lowest BCUT2D eigenvalue weighted by atomic mass is 10.2. The third-order valence-corrected chi connectivity index (χ3v) is 4.80. The van der Waals surface area contributed by atoms with E-state index >= 15 is 0 Å². The maximum atomic E-state index is 11.4. The molecule has 1 aromatic heterocycles. The molecule has 0 radical (unpaired) electrons. The maximum Gasteiger partial charge on any atom is 0.276 e. The Morgan fingerprint density at radius 3 is 2.94 bits per heavy atom. The summed E-state index contributed by atoms with van der Waals surface area (Å²) in [6.45, 7) is 3.26. The zero-order valence-corrected chi connectivity index (χ0v) is 17.0. The molecule has 2 unspecified atom stereocenters. The fourth-order valence-corrected chi connectivity index (χ4v) is 3.30. The molecule has 12 nitrogen and oxygen atoms in total. The summed E-state index contributed by atoms with van der Waals surface area (Å²) in [5.74, 6) is 0.879. The van der Waals surface area contributed by atoms with Crippen LogP contribution in [0.1, 0.15) is 30.3 Å². The zero-order valence-electron chi connectivity index (χ0n) is 17.0. The molecule has 2 atom stereocenters. The summed E-state index contributed by atoms with van der Waals surface area (Å²) in [6.07, 6.45) is 2.27. The molecule has 3 rings (SSSR count). The summed E-state index contributed by atoms with van der Waals surface area (Å²) >= 11 is 0. The van der Waals surface area contributed by atoms with Gasteiger partial charge in [0.15, 0.2) is 11.5 Å². The van der Waals surface area contributed by atoms with Gasteiger partial charge in [-0.3, -0.25) is 14.7 Å². The van der Waals surface area contributed by atoms with Crippen LogP contribution in [0.15, 0.2) is 34.5 Å². The first-order valence-electron chi connectivity index (χ1n) is 9.51. The average Bonchev–Trinajstić information content (AvgIpc) is 3.42. The minimum atomic E-state index is -0.502. The standard InChI is InChI=1S/C19H24N6O6/c1-21-18-17(23-11-24(18)16-6-4-14(8-26)31-16)19(22-10-20)30-9-12-7-13(29-2)3-5-15(12)25(27)28/h3,5,7,11,14,16,26H,1,4,6,8-10,20H2,2H3. The number of aromatic nitrogens is 2. The third-order valence-electron chi connectivity index (χ3n) is 4.80. The zero-order chi connectivity index (χ0) is 22.4. The number of methoxy groups -OCH3 is 1. The number of hydrogen-bond acceptors (Lipinski definition) is 10. The summed E-state index contributed by atoms with van der Waals surface area (Å²) in [5.41, 5.74) is 6.05. The van der Waals surface area contributed by atoms with Crippen LogP contribution in [0.5, 0.6) is 5.75 Å². The molecule has 12 heteroatoms. The third kappa shape index (κ3) is 4.87. The van der Waals surface area contributed by atoms with Crippen LogP contribution in [0.3, 0.4) is 0 Å². The van der Waals surface area contributed by atoms with Crippen LogP contribution in [-0.2, 0) is 16.1 Å². The summed E-state index contributed by atoms with van der Waals surface area (Å²) in [5, 5.41) is 20.7. The summed E-state index contributed by atoms with van der Waals surface area (Å²) in [7, 11) is 1.47. The van der Waals surface area contributed by atoms with E-state index in [2.05, 4.69) is 21.7 Å². The number of aliphatic imine (C=N–C) groups is 2. The van der Waals surface area contributed by atoms with Crippen molar-refractivity contribution in [1.29, 1.82) is 0 Å². The molecule has 1 saturated heterocycles. The number of benzene rings is 1. The van der Waals surface area contributed by atoms with Gasteiger partial charge in [0.05, 0.1) is 43.3 Å². The molecule has 0 saturated carbocycles. The topological polar surface area (TPSA) is 160 Å². The van der Waals surface area contributed by atoms with Crippen molar-refractivity contribution in [2.45, 2.75) is 31.8 Å². The fourth-order valence-electron chi connectivity index (χ4n) is 3.30. The Morgan fingerprint density at radius 1 is 1.52 bits per heavy atom. The van der Waals surface area contributed by atoms with Gasteiger partial charge in [0, 0.05) is 6.07 Å². The SMILES string of the molecule is C=Nc1c(C(=NCN)OCc2cc(OC)ccc2[N+](=O)[O-])ncn1C1CCC(CO)O1. The number of hydrogen-bond donors (Lipinski definition) is 2. The predicted molar refractivity (Wildman–Crippen MR) is 112 cm³/mol. The van der Waals surface area contributed by atoms with E-state index in [1.807, 2.05) is 0 Å². The molecule has 0 aliphatic carbocycles. The van der Waals surface area contributed by atoms with E-state index in [0.717, 1.165) is 0 Å². The maximum absolute atomic E-state index is 11.4. The van der Waals surface area contributed by atoms with Crippen molar-refractivity contribution in [2.75, 3.05) is 20.4 Å². The molecular weight excluding hydrogens is 408 g/mol. The second kappa shape index (κ2) is 10.1. The van der Waals surface area contributed by atoms with Crippen molar-refractivity contribution in [2.24, 2.45) is 15.7 Å². The molecular formula is C19H24N6O6. The van der Waals surface area contributed by atoms with Crippen LogP contribution >= 0.6 is 0 Å². The first kappa shape index (κ1) is 22.3. The van der Waals surface area contributed by atoms with Crippen molar-refractivity contribution >= 4 is 24.1 Å². The second-order valence-corrected chi connectivity index (χ2v) is 6.64. The number of nitrogens with two attached hydrogens (primary N) is 1. The Bertz CT molecular complexity index is 975. The first-order chi connectivity index (χ1) is 15.0. The summed E-state index contributed by atoms with van der Waals surface area (Å²) in [4.78, 5) is 23.3. The van der Waals surface area contributed by atoms with Gasteiger partial charge in [-0.05, 0) is 31.7 Å². The van der Waals surface area contributed by atoms with E-state index in [1.54, 1.807) is 4.57 Å². The van der Waals surface area contributed by atoms with Crippen LogP contribution in [-0.4, -0.2) is 58.7 Å². The van der Waals surface area contributed by atoms with E-state index in [4.69, 9.17) is 19.9 Å². The fraction of sp³-hybridized carbons (Fsp3) is 0.421. The summed E-state index contributed by atoms with van der Waals surface area (Å²) in [6, 6.07) is 4.36. The largest absolute Gasteiger partial charge is 0.497 e. The van der Waals surface area contributed by atoms with Crippen LogP contribution in [0, 0.1) is 10.1 Å². The van der Waals surface area contributed by atoms with E-state index in [9.17, 15) is 15.2 Å². The molecule has 0 spiro atoms. The van der Waals surface area contributed by atoms with Crippen molar-refractivity contribution < 1.29 is 24.2 Å². The first-order valence-corrected chi connectivity index (χ1v) is 9.51. The van der Waals surface area contributed by atoms with Gasteiger partial charge in [-0.2, -0.15) is 0 Å². The van der Waals surface area contributed by atoms with Crippen molar-refractivity contribution in [3.05, 3.63) is 45.9 Å².